The highest BCUT2D eigenvalue weighted by atomic mass is 32.1. The van der Waals surface area contributed by atoms with Crippen LogP contribution in [-0.2, 0) is 0 Å². The quantitative estimate of drug-likeness (QED) is 0.511. The second-order valence-corrected chi connectivity index (χ2v) is 4.64. The molecule has 0 aromatic rings. The predicted octanol–water partition coefficient (Wildman–Crippen LogP) is 2.84. The van der Waals surface area contributed by atoms with E-state index in [-0.39, 0.29) is 0 Å². The maximum atomic E-state index is 4.22. The minimum atomic E-state index is 0.596. The normalized spacial score (nSPS) is 11.7. The summed E-state index contributed by atoms with van der Waals surface area (Å²) in [5.74, 6) is 1.51. The van der Waals surface area contributed by atoms with Crippen molar-refractivity contribution in [3.05, 3.63) is 12.2 Å². The maximum Gasteiger partial charge on any atom is 0.0201 e. The fourth-order valence-corrected chi connectivity index (χ4v) is 1.36. The Morgan fingerprint density at radius 2 is 1.85 bits per heavy atom. The molecule has 0 radical (unpaired) electrons. The highest BCUT2D eigenvalue weighted by Gasteiger charge is 2.11. The third-order valence-corrected chi connectivity index (χ3v) is 2.43. The average Bonchev–Trinajstić information content (AvgIpc) is 2.02. The molecule has 0 N–H and O–H groups in total. The first kappa shape index (κ1) is 13.1. The number of hydrogen-bond acceptors (Lipinski definition) is 2. The number of hydrogen-bond donors (Lipinski definition) is 1. The van der Waals surface area contributed by atoms with Gasteiger partial charge < -0.3 is 0 Å². The summed E-state index contributed by atoms with van der Waals surface area (Å²) in [4.78, 5) is 2.45. The van der Waals surface area contributed by atoms with Gasteiger partial charge in [-0.2, -0.15) is 12.6 Å². The van der Waals surface area contributed by atoms with Crippen LogP contribution in [0.4, 0.5) is 0 Å². The van der Waals surface area contributed by atoms with E-state index >= 15 is 0 Å². The highest BCUT2D eigenvalue weighted by Crippen LogP contribution is 2.07. The Kier molecular flexibility index (Phi) is 6.52. The Balaban J connectivity index is 4.02. The van der Waals surface area contributed by atoms with Gasteiger partial charge in [-0.3, -0.25) is 4.90 Å². The van der Waals surface area contributed by atoms with Crippen LogP contribution in [0.25, 0.3) is 0 Å². The minimum absolute atomic E-state index is 0.596. The summed E-state index contributed by atoms with van der Waals surface area (Å²) < 4.78 is 0. The Morgan fingerprint density at radius 3 is 2.15 bits per heavy atom. The molecule has 2 heteroatoms. The highest BCUT2D eigenvalue weighted by molar-refractivity contribution is 7.80. The first-order valence-corrected chi connectivity index (χ1v) is 5.62. The summed E-state index contributed by atoms with van der Waals surface area (Å²) in [6.45, 7) is 15.1. The van der Waals surface area contributed by atoms with Gasteiger partial charge in [-0.05, 0) is 19.8 Å². The lowest BCUT2D eigenvalue weighted by Crippen LogP contribution is -2.35. The Morgan fingerprint density at radius 1 is 1.31 bits per heavy atom. The number of rotatable bonds is 6. The van der Waals surface area contributed by atoms with Crippen LogP contribution in [0.3, 0.4) is 0 Å². The van der Waals surface area contributed by atoms with Crippen molar-refractivity contribution in [2.24, 2.45) is 5.92 Å². The smallest absolute Gasteiger partial charge is 0.0201 e. The largest absolute Gasteiger partial charge is 0.297 e. The van der Waals surface area contributed by atoms with Crippen LogP contribution in [0.15, 0.2) is 12.2 Å². The van der Waals surface area contributed by atoms with Gasteiger partial charge in [0, 0.05) is 24.9 Å². The van der Waals surface area contributed by atoms with Crippen LogP contribution >= 0.6 is 12.6 Å². The molecule has 0 bridgehead atoms. The van der Waals surface area contributed by atoms with E-state index in [1.165, 1.54) is 5.57 Å². The zero-order chi connectivity index (χ0) is 10.4. The van der Waals surface area contributed by atoms with Gasteiger partial charge in [-0.1, -0.05) is 26.0 Å². The van der Waals surface area contributed by atoms with Crippen LogP contribution in [0, 0.1) is 5.92 Å². The van der Waals surface area contributed by atoms with Crippen molar-refractivity contribution in [3.8, 4) is 0 Å². The molecule has 0 saturated heterocycles. The summed E-state index contributed by atoms with van der Waals surface area (Å²) >= 11 is 4.22. The summed E-state index contributed by atoms with van der Waals surface area (Å²) in [7, 11) is 0. The van der Waals surface area contributed by atoms with E-state index < -0.39 is 0 Å². The van der Waals surface area contributed by atoms with Gasteiger partial charge >= 0.3 is 0 Å². The van der Waals surface area contributed by atoms with Gasteiger partial charge in [0.15, 0.2) is 0 Å². The molecule has 0 spiro atoms. The molecule has 0 heterocycles. The zero-order valence-corrected chi connectivity index (χ0v) is 10.3. The number of nitrogens with zero attached hydrogens (tertiary/aromatic N) is 1. The average molecular weight is 201 g/mol. The molecule has 78 valence electrons. The van der Waals surface area contributed by atoms with E-state index in [2.05, 4.69) is 51.8 Å². The lowest BCUT2D eigenvalue weighted by Gasteiger charge is -2.28. The van der Waals surface area contributed by atoms with E-state index in [0.29, 0.717) is 6.04 Å². The van der Waals surface area contributed by atoms with Crippen molar-refractivity contribution < 1.29 is 0 Å². The SMILES string of the molecule is C=C(CS)CN(CC(C)C)C(C)C. The lowest BCUT2D eigenvalue weighted by molar-refractivity contribution is 0.215. The van der Waals surface area contributed by atoms with E-state index in [1.54, 1.807) is 0 Å². The molecule has 0 atom stereocenters. The van der Waals surface area contributed by atoms with Crippen molar-refractivity contribution in [1.82, 2.24) is 4.90 Å². The van der Waals surface area contributed by atoms with Crippen molar-refractivity contribution in [2.75, 3.05) is 18.8 Å². The molecule has 0 aromatic carbocycles. The molecule has 0 aliphatic rings. The van der Waals surface area contributed by atoms with Gasteiger partial charge in [-0.15, -0.1) is 0 Å². The van der Waals surface area contributed by atoms with E-state index in [4.69, 9.17) is 0 Å². The van der Waals surface area contributed by atoms with Crippen molar-refractivity contribution in [1.29, 1.82) is 0 Å². The number of thiol groups is 1. The van der Waals surface area contributed by atoms with Gasteiger partial charge in [0.1, 0.15) is 0 Å². The lowest BCUT2D eigenvalue weighted by atomic mass is 10.1. The summed E-state index contributed by atoms with van der Waals surface area (Å²) in [5.41, 5.74) is 1.21. The third-order valence-electron chi connectivity index (χ3n) is 1.98. The summed E-state index contributed by atoms with van der Waals surface area (Å²) in [5, 5.41) is 0. The van der Waals surface area contributed by atoms with E-state index in [9.17, 15) is 0 Å². The molecule has 0 saturated carbocycles. The minimum Gasteiger partial charge on any atom is -0.297 e. The van der Waals surface area contributed by atoms with Crippen molar-refractivity contribution in [3.63, 3.8) is 0 Å². The standard InChI is InChI=1S/C11H23NS/c1-9(2)6-12(10(3)4)7-11(5)8-13/h9-10,13H,5-8H2,1-4H3. The molecule has 13 heavy (non-hydrogen) atoms. The van der Waals surface area contributed by atoms with Crippen LogP contribution in [0.2, 0.25) is 0 Å². The van der Waals surface area contributed by atoms with Crippen LogP contribution in [-0.4, -0.2) is 29.8 Å². The summed E-state index contributed by atoms with van der Waals surface area (Å²) in [6.07, 6.45) is 0. The van der Waals surface area contributed by atoms with Crippen LogP contribution < -0.4 is 0 Å². The fraction of sp³-hybridized carbons (Fsp3) is 0.818. The zero-order valence-electron chi connectivity index (χ0n) is 9.38. The van der Waals surface area contributed by atoms with Crippen LogP contribution in [0.5, 0.6) is 0 Å². The molecule has 0 rings (SSSR count). The summed E-state index contributed by atoms with van der Waals surface area (Å²) in [6, 6.07) is 0.596. The molecule has 0 aliphatic carbocycles. The first-order valence-electron chi connectivity index (χ1n) is 4.99. The second kappa shape index (κ2) is 6.50. The molecule has 0 amide bonds. The van der Waals surface area contributed by atoms with Gasteiger partial charge in [0.25, 0.3) is 0 Å². The van der Waals surface area contributed by atoms with Crippen molar-refractivity contribution >= 4 is 12.6 Å². The predicted molar refractivity (Wildman–Crippen MR) is 64.5 cm³/mol. The van der Waals surface area contributed by atoms with Gasteiger partial charge in [-0.25, -0.2) is 0 Å². The van der Waals surface area contributed by atoms with Crippen molar-refractivity contribution in [2.45, 2.75) is 33.7 Å². The molecule has 0 fully saturated rings. The van der Waals surface area contributed by atoms with E-state index in [0.717, 1.165) is 24.8 Å². The molecule has 0 aliphatic heterocycles. The van der Waals surface area contributed by atoms with Crippen LogP contribution in [0.1, 0.15) is 27.7 Å². The Bertz CT molecular complexity index is 152. The van der Waals surface area contributed by atoms with Gasteiger partial charge in [0.2, 0.25) is 0 Å². The monoisotopic (exact) mass is 201 g/mol. The first-order chi connectivity index (χ1) is 5.97. The fourth-order valence-electron chi connectivity index (χ4n) is 1.26. The Labute approximate surface area is 88.6 Å². The molecular weight excluding hydrogens is 178 g/mol. The maximum absolute atomic E-state index is 4.22. The molecule has 1 nitrogen and oxygen atoms in total. The topological polar surface area (TPSA) is 3.24 Å². The second-order valence-electron chi connectivity index (χ2n) is 4.33. The van der Waals surface area contributed by atoms with E-state index in [1.807, 2.05) is 0 Å². The molecular formula is C11H23NS. The Hall–Kier alpha value is 0.0500. The molecule has 0 unspecified atom stereocenters. The molecule has 0 aromatic heterocycles. The third kappa shape index (κ3) is 6.17. The van der Waals surface area contributed by atoms with Gasteiger partial charge in [0.05, 0.1) is 0 Å².